The molecule has 2 aromatic rings. The van der Waals surface area contributed by atoms with Gasteiger partial charge in [0.05, 0.1) is 11.4 Å². The first-order chi connectivity index (χ1) is 11.2. The van der Waals surface area contributed by atoms with Crippen molar-refractivity contribution in [2.45, 2.75) is 39.2 Å². The van der Waals surface area contributed by atoms with Crippen LogP contribution < -0.4 is 5.73 Å². The van der Waals surface area contributed by atoms with Crippen LogP contribution in [0, 0.1) is 5.41 Å². The van der Waals surface area contributed by atoms with Crippen molar-refractivity contribution in [2.24, 2.45) is 11.1 Å². The van der Waals surface area contributed by atoms with Crippen molar-refractivity contribution in [3.63, 3.8) is 0 Å². The van der Waals surface area contributed by atoms with Crippen molar-refractivity contribution in [2.75, 3.05) is 19.6 Å². The fraction of sp³-hybridized carbons (Fsp3) is 0.526. The average molecular weight is 347 g/mol. The summed E-state index contributed by atoms with van der Waals surface area (Å²) in [7, 11) is 0. The van der Waals surface area contributed by atoms with Crippen molar-refractivity contribution >= 4 is 12.4 Å². The van der Waals surface area contributed by atoms with E-state index in [9.17, 15) is 0 Å². The van der Waals surface area contributed by atoms with Gasteiger partial charge in [0.1, 0.15) is 0 Å². The molecule has 2 heterocycles. The molecule has 130 valence electrons. The SMILES string of the molecule is CC1(CN)CCN(Cc2nn(-c3ccccc3)c3c2CCC3)C1.Cl. The van der Waals surface area contributed by atoms with E-state index in [1.165, 1.54) is 41.9 Å². The molecule has 1 aliphatic heterocycles. The molecule has 1 unspecified atom stereocenters. The van der Waals surface area contributed by atoms with Gasteiger partial charge in [-0.1, -0.05) is 25.1 Å². The zero-order valence-electron chi connectivity index (χ0n) is 14.4. The number of hydrogen-bond acceptors (Lipinski definition) is 3. The highest BCUT2D eigenvalue weighted by Crippen LogP contribution is 2.32. The summed E-state index contributed by atoms with van der Waals surface area (Å²) in [6.07, 6.45) is 4.79. The first-order valence-corrected chi connectivity index (χ1v) is 8.76. The van der Waals surface area contributed by atoms with Crippen LogP contribution in [0.5, 0.6) is 0 Å². The van der Waals surface area contributed by atoms with Crippen LogP contribution in [-0.4, -0.2) is 34.3 Å². The number of halogens is 1. The van der Waals surface area contributed by atoms with Gasteiger partial charge in [-0.15, -0.1) is 12.4 Å². The van der Waals surface area contributed by atoms with E-state index in [0.29, 0.717) is 0 Å². The van der Waals surface area contributed by atoms with Gasteiger partial charge < -0.3 is 5.73 Å². The van der Waals surface area contributed by atoms with Crippen molar-refractivity contribution in [3.8, 4) is 5.69 Å². The zero-order chi connectivity index (χ0) is 15.9. The summed E-state index contributed by atoms with van der Waals surface area (Å²) in [5.74, 6) is 0. The third-order valence-corrected chi connectivity index (χ3v) is 5.52. The highest BCUT2D eigenvalue weighted by atomic mass is 35.5. The summed E-state index contributed by atoms with van der Waals surface area (Å²) in [5.41, 5.74) is 11.6. The molecule has 0 bridgehead atoms. The Kier molecular flexibility index (Phi) is 5.00. The summed E-state index contributed by atoms with van der Waals surface area (Å²) in [5, 5.41) is 4.98. The second-order valence-corrected chi connectivity index (χ2v) is 7.45. The molecule has 4 nitrogen and oxygen atoms in total. The predicted molar refractivity (Wildman–Crippen MR) is 99.9 cm³/mol. The summed E-state index contributed by atoms with van der Waals surface area (Å²) in [6, 6.07) is 10.5. The average Bonchev–Trinajstić information content (AvgIpc) is 3.26. The van der Waals surface area contributed by atoms with E-state index in [2.05, 4.69) is 46.8 Å². The van der Waals surface area contributed by atoms with E-state index in [0.717, 1.165) is 32.6 Å². The standard InChI is InChI=1S/C19H26N4.ClH/c1-19(13-20)10-11-22(14-19)12-17-16-8-5-9-18(16)23(21-17)15-6-3-2-4-7-15;/h2-4,6-7H,5,8-14,20H2,1H3;1H. The van der Waals surface area contributed by atoms with Gasteiger partial charge in [0.25, 0.3) is 0 Å². The van der Waals surface area contributed by atoms with Crippen LogP contribution in [0.15, 0.2) is 30.3 Å². The third-order valence-electron chi connectivity index (χ3n) is 5.52. The predicted octanol–water partition coefficient (Wildman–Crippen LogP) is 2.95. The van der Waals surface area contributed by atoms with E-state index in [1.54, 1.807) is 0 Å². The number of nitrogens with zero attached hydrogens (tertiary/aromatic N) is 3. The Hall–Kier alpha value is -1.36. The number of fused-ring (bicyclic) bond motifs is 1. The summed E-state index contributed by atoms with van der Waals surface area (Å²) >= 11 is 0. The monoisotopic (exact) mass is 346 g/mol. The molecule has 4 rings (SSSR count). The maximum atomic E-state index is 5.95. The number of hydrogen-bond donors (Lipinski definition) is 1. The Morgan fingerprint density at radius 1 is 1.21 bits per heavy atom. The van der Waals surface area contributed by atoms with Crippen molar-refractivity contribution < 1.29 is 0 Å². The fourth-order valence-electron chi connectivity index (χ4n) is 4.06. The van der Waals surface area contributed by atoms with Crippen LogP contribution in [0.3, 0.4) is 0 Å². The van der Waals surface area contributed by atoms with E-state index in [1.807, 2.05) is 0 Å². The summed E-state index contributed by atoms with van der Waals surface area (Å²) in [6.45, 7) is 6.29. The van der Waals surface area contributed by atoms with Crippen molar-refractivity contribution in [1.82, 2.24) is 14.7 Å². The van der Waals surface area contributed by atoms with E-state index < -0.39 is 0 Å². The Balaban J connectivity index is 0.00000169. The molecule has 1 aromatic heterocycles. The van der Waals surface area contributed by atoms with E-state index >= 15 is 0 Å². The Morgan fingerprint density at radius 3 is 2.71 bits per heavy atom. The van der Waals surface area contributed by atoms with Gasteiger partial charge in [-0.25, -0.2) is 4.68 Å². The minimum absolute atomic E-state index is 0. The molecule has 2 N–H and O–H groups in total. The molecule has 1 fully saturated rings. The third kappa shape index (κ3) is 3.10. The quantitative estimate of drug-likeness (QED) is 0.925. The van der Waals surface area contributed by atoms with Gasteiger partial charge in [-0.3, -0.25) is 4.90 Å². The molecule has 0 radical (unpaired) electrons. The molecule has 1 atom stereocenters. The minimum Gasteiger partial charge on any atom is -0.330 e. The molecule has 1 aromatic carbocycles. The first kappa shape index (κ1) is 17.5. The highest BCUT2D eigenvalue weighted by molar-refractivity contribution is 5.85. The first-order valence-electron chi connectivity index (χ1n) is 8.76. The van der Waals surface area contributed by atoms with Crippen LogP contribution in [-0.2, 0) is 19.4 Å². The van der Waals surface area contributed by atoms with Crippen LogP contribution in [0.2, 0.25) is 0 Å². The van der Waals surface area contributed by atoms with Crippen LogP contribution in [0.25, 0.3) is 5.69 Å². The number of para-hydroxylation sites is 1. The molecular formula is C19H27ClN4. The van der Waals surface area contributed by atoms with Gasteiger partial charge in [-0.05, 0) is 61.9 Å². The molecule has 1 saturated heterocycles. The van der Waals surface area contributed by atoms with Crippen molar-refractivity contribution in [1.29, 1.82) is 0 Å². The normalized spacial score (nSPS) is 23.2. The fourth-order valence-corrected chi connectivity index (χ4v) is 4.06. The minimum atomic E-state index is 0. The molecule has 2 aliphatic rings. The Bertz CT molecular complexity index is 697. The van der Waals surface area contributed by atoms with Gasteiger partial charge in [0, 0.05) is 18.8 Å². The van der Waals surface area contributed by atoms with Crippen LogP contribution in [0.1, 0.15) is 36.7 Å². The molecular weight excluding hydrogens is 320 g/mol. The van der Waals surface area contributed by atoms with Gasteiger partial charge in [0.2, 0.25) is 0 Å². The number of benzene rings is 1. The van der Waals surface area contributed by atoms with Gasteiger partial charge in [0.15, 0.2) is 0 Å². The number of likely N-dealkylation sites (tertiary alicyclic amines) is 1. The molecule has 24 heavy (non-hydrogen) atoms. The maximum absolute atomic E-state index is 5.95. The van der Waals surface area contributed by atoms with Gasteiger partial charge in [-0.2, -0.15) is 5.10 Å². The molecule has 1 aliphatic carbocycles. The summed E-state index contributed by atoms with van der Waals surface area (Å²) < 4.78 is 2.18. The molecule has 0 amide bonds. The lowest BCUT2D eigenvalue weighted by molar-refractivity contribution is 0.271. The van der Waals surface area contributed by atoms with Gasteiger partial charge >= 0.3 is 0 Å². The zero-order valence-corrected chi connectivity index (χ0v) is 15.2. The van der Waals surface area contributed by atoms with Crippen molar-refractivity contribution in [3.05, 3.63) is 47.3 Å². The highest BCUT2D eigenvalue weighted by Gasteiger charge is 2.33. The second kappa shape index (κ2) is 6.87. The topological polar surface area (TPSA) is 47.1 Å². The second-order valence-electron chi connectivity index (χ2n) is 7.45. The number of nitrogens with two attached hydrogens (primary N) is 1. The lowest BCUT2D eigenvalue weighted by Crippen LogP contribution is -2.31. The Labute approximate surface area is 150 Å². The summed E-state index contributed by atoms with van der Waals surface area (Å²) in [4.78, 5) is 2.53. The van der Waals surface area contributed by atoms with E-state index in [-0.39, 0.29) is 17.8 Å². The lowest BCUT2D eigenvalue weighted by atomic mass is 9.90. The largest absolute Gasteiger partial charge is 0.330 e. The molecule has 0 saturated carbocycles. The smallest absolute Gasteiger partial charge is 0.0804 e. The molecule has 0 spiro atoms. The number of aromatic nitrogens is 2. The Morgan fingerprint density at radius 2 is 2.00 bits per heavy atom. The lowest BCUT2D eigenvalue weighted by Gasteiger charge is -2.22. The van der Waals surface area contributed by atoms with Crippen LogP contribution in [0.4, 0.5) is 0 Å². The van der Waals surface area contributed by atoms with Crippen LogP contribution >= 0.6 is 12.4 Å². The molecule has 5 heteroatoms. The number of rotatable bonds is 4. The maximum Gasteiger partial charge on any atom is 0.0804 e. The van der Waals surface area contributed by atoms with E-state index in [4.69, 9.17) is 10.8 Å².